The maximum Gasteiger partial charge on any atom is 0.513 e. The lowest BCUT2D eigenvalue weighted by Crippen LogP contribution is -2.58. The van der Waals surface area contributed by atoms with Gasteiger partial charge in [-0.2, -0.15) is 0 Å². The van der Waals surface area contributed by atoms with Gasteiger partial charge in [0, 0.05) is 12.1 Å². The van der Waals surface area contributed by atoms with E-state index in [1.165, 1.54) is 19.1 Å². The zero-order chi connectivity index (χ0) is 29.4. The number of non-ortho nitro benzene ring substituents is 1. The lowest BCUT2D eigenvalue weighted by Gasteiger charge is -2.37. The third-order valence-corrected chi connectivity index (χ3v) is 9.95. The normalized spacial score (nSPS) is 22.4. The molecular formula is C28H24N2O10S. The second-order valence-electron chi connectivity index (χ2n) is 9.75. The lowest BCUT2D eigenvalue weighted by molar-refractivity contribution is -0.384. The molecule has 0 radical (unpaired) electrons. The van der Waals surface area contributed by atoms with Crippen LogP contribution in [0.3, 0.4) is 0 Å². The van der Waals surface area contributed by atoms with Crippen LogP contribution in [-0.4, -0.2) is 59.0 Å². The molecule has 12 nitrogen and oxygen atoms in total. The van der Waals surface area contributed by atoms with Gasteiger partial charge in [-0.05, 0) is 30.2 Å². The quantitative estimate of drug-likeness (QED) is 0.127. The number of nitro benzene ring substituents is 1. The molecule has 2 aliphatic heterocycles. The van der Waals surface area contributed by atoms with Crippen LogP contribution in [0.15, 0.2) is 84.9 Å². The molecule has 0 N–H and O–H groups in total. The van der Waals surface area contributed by atoms with Gasteiger partial charge in [0.1, 0.15) is 22.5 Å². The molecule has 0 spiro atoms. The van der Waals surface area contributed by atoms with E-state index in [1.54, 1.807) is 60.7 Å². The van der Waals surface area contributed by atoms with Crippen molar-refractivity contribution >= 4 is 33.6 Å². The molecular weight excluding hydrogens is 556 g/mol. The first-order valence-electron chi connectivity index (χ1n) is 12.5. The molecule has 2 heterocycles. The van der Waals surface area contributed by atoms with Gasteiger partial charge in [0.15, 0.2) is 22.0 Å². The van der Waals surface area contributed by atoms with Crippen LogP contribution in [0, 0.1) is 10.1 Å². The van der Waals surface area contributed by atoms with E-state index < -0.39 is 61.7 Å². The summed E-state index contributed by atoms with van der Waals surface area (Å²) in [6, 6.07) is 20.7. The Labute approximate surface area is 234 Å². The topological polar surface area (TPSA) is 159 Å². The molecule has 41 heavy (non-hydrogen) atoms. The smallest absolute Gasteiger partial charge is 0.451 e. The number of hydrogen-bond acceptors (Lipinski definition) is 10. The molecule has 0 aliphatic carbocycles. The van der Waals surface area contributed by atoms with Gasteiger partial charge in [0.2, 0.25) is 5.91 Å². The molecule has 2 fully saturated rings. The molecule has 3 atom stereocenters. The van der Waals surface area contributed by atoms with Crippen molar-refractivity contribution in [1.82, 2.24) is 4.90 Å². The zero-order valence-electron chi connectivity index (χ0n) is 21.6. The highest BCUT2D eigenvalue weighted by Gasteiger charge is 2.71. The minimum atomic E-state index is -4.21. The minimum Gasteiger partial charge on any atom is -0.451 e. The first-order chi connectivity index (χ1) is 19.5. The van der Waals surface area contributed by atoms with E-state index in [4.69, 9.17) is 14.2 Å². The van der Waals surface area contributed by atoms with E-state index in [-0.39, 0.29) is 17.9 Å². The van der Waals surface area contributed by atoms with Gasteiger partial charge in [-0.25, -0.2) is 18.0 Å². The van der Waals surface area contributed by atoms with Crippen molar-refractivity contribution in [3.63, 3.8) is 0 Å². The Balaban J connectivity index is 1.39. The summed E-state index contributed by atoms with van der Waals surface area (Å²) in [5.74, 6) is -1.60. The van der Waals surface area contributed by atoms with E-state index in [2.05, 4.69) is 0 Å². The van der Waals surface area contributed by atoms with Crippen LogP contribution >= 0.6 is 0 Å². The number of rotatable bonds is 8. The maximum atomic E-state index is 13.8. The Bertz CT molecular complexity index is 1560. The number of hydrogen-bond donors (Lipinski definition) is 0. The average molecular weight is 581 g/mol. The number of carbonyl (C=O) groups excluding carboxylic acids is 3. The maximum absolute atomic E-state index is 13.8. The van der Waals surface area contributed by atoms with Crippen LogP contribution in [0.1, 0.15) is 30.6 Å². The fourth-order valence-electron chi connectivity index (χ4n) is 4.98. The number of carbonyl (C=O) groups is 3. The first kappa shape index (κ1) is 27.8. The number of nitro groups is 1. The predicted molar refractivity (Wildman–Crippen MR) is 142 cm³/mol. The molecule has 0 bridgehead atoms. The Kier molecular flexibility index (Phi) is 7.22. The molecule has 212 valence electrons. The monoisotopic (exact) mass is 580 g/mol. The fourth-order valence-corrected chi connectivity index (χ4v) is 7.25. The summed E-state index contributed by atoms with van der Waals surface area (Å²) in [5.41, 5.74) is 1.03. The standard InChI is InChI=1S/C28H24N2O10S/c1-28(17-38-27(33)39-21-14-12-20(13-15-21)30(34)35)25(29-22(31)16-23(29)41(28,36)37)26(32)40-24(18-8-4-2-5-9-18)19-10-6-3-7-11-19/h2-15,23-25H,16-17H2,1H3. The van der Waals surface area contributed by atoms with Crippen molar-refractivity contribution < 1.29 is 41.9 Å². The van der Waals surface area contributed by atoms with Crippen molar-refractivity contribution in [2.45, 2.75) is 35.6 Å². The number of benzene rings is 3. The van der Waals surface area contributed by atoms with Crippen molar-refractivity contribution in [2.75, 3.05) is 6.61 Å². The number of nitrogens with zero attached hydrogens (tertiary/aromatic N) is 2. The summed E-state index contributed by atoms with van der Waals surface area (Å²) in [4.78, 5) is 49.9. The Morgan fingerprint density at radius 1 is 1.00 bits per heavy atom. The molecule has 3 unspecified atom stereocenters. The Hall–Kier alpha value is -4.78. The molecule has 13 heteroatoms. The minimum absolute atomic E-state index is 0.0800. The van der Waals surface area contributed by atoms with Gasteiger partial charge >= 0.3 is 12.1 Å². The number of sulfone groups is 1. The highest BCUT2D eigenvalue weighted by molar-refractivity contribution is 7.94. The summed E-state index contributed by atoms with van der Waals surface area (Å²) in [6.07, 6.45) is -2.51. The molecule has 3 aromatic rings. The third-order valence-electron chi connectivity index (χ3n) is 7.20. The second-order valence-corrected chi connectivity index (χ2v) is 12.3. The van der Waals surface area contributed by atoms with E-state index in [0.29, 0.717) is 11.1 Å². The number of esters is 1. The van der Waals surface area contributed by atoms with Crippen molar-refractivity contribution in [2.24, 2.45) is 0 Å². The number of fused-ring (bicyclic) bond motifs is 1. The fraction of sp³-hybridized carbons (Fsp3) is 0.250. The van der Waals surface area contributed by atoms with Gasteiger partial charge < -0.3 is 19.1 Å². The Morgan fingerprint density at radius 3 is 2.07 bits per heavy atom. The predicted octanol–water partition coefficient (Wildman–Crippen LogP) is 3.56. The van der Waals surface area contributed by atoms with E-state index in [1.807, 2.05) is 0 Å². The number of amides is 1. The zero-order valence-corrected chi connectivity index (χ0v) is 22.4. The summed E-state index contributed by atoms with van der Waals surface area (Å²) in [5, 5.41) is 9.56. The van der Waals surface area contributed by atoms with Crippen molar-refractivity contribution in [3.8, 4) is 5.75 Å². The summed E-state index contributed by atoms with van der Waals surface area (Å²) < 4.78 is 41.1. The molecule has 0 saturated carbocycles. The lowest BCUT2D eigenvalue weighted by atomic mass is 9.96. The van der Waals surface area contributed by atoms with Crippen LogP contribution in [0.25, 0.3) is 0 Å². The summed E-state index contributed by atoms with van der Waals surface area (Å²) >= 11 is 0. The average Bonchev–Trinajstić information content (AvgIpc) is 3.10. The molecule has 3 aromatic carbocycles. The van der Waals surface area contributed by atoms with E-state index in [9.17, 15) is 32.9 Å². The first-order valence-corrected chi connectivity index (χ1v) is 14.0. The Morgan fingerprint density at radius 2 is 1.56 bits per heavy atom. The highest BCUT2D eigenvalue weighted by Crippen LogP contribution is 2.47. The van der Waals surface area contributed by atoms with Gasteiger partial charge in [-0.15, -0.1) is 0 Å². The van der Waals surface area contributed by atoms with Crippen LogP contribution in [-0.2, 0) is 28.9 Å². The molecule has 0 aromatic heterocycles. The van der Waals surface area contributed by atoms with Crippen molar-refractivity contribution in [1.29, 1.82) is 0 Å². The number of ether oxygens (including phenoxy) is 3. The van der Waals surface area contributed by atoms with Crippen LogP contribution in [0.4, 0.5) is 10.5 Å². The molecule has 2 saturated heterocycles. The highest BCUT2D eigenvalue weighted by atomic mass is 32.2. The van der Waals surface area contributed by atoms with Gasteiger partial charge in [0.25, 0.3) is 5.69 Å². The van der Waals surface area contributed by atoms with Crippen LogP contribution < -0.4 is 4.74 Å². The molecule has 1 amide bonds. The van der Waals surface area contributed by atoms with Crippen LogP contribution in [0.2, 0.25) is 0 Å². The molecule has 2 aliphatic rings. The second kappa shape index (κ2) is 10.7. The van der Waals surface area contributed by atoms with Gasteiger partial charge in [-0.1, -0.05) is 60.7 Å². The number of β-lactam (4-membered cyclic amide) rings is 1. The molecule has 5 rings (SSSR count). The summed E-state index contributed by atoms with van der Waals surface area (Å²) in [7, 11) is -4.21. The SMILES string of the molecule is CC1(COC(=O)Oc2ccc([N+](=O)[O-])cc2)C(C(=O)OC(c2ccccc2)c2ccccc2)N2C(=O)CC2S1(=O)=O. The van der Waals surface area contributed by atoms with E-state index in [0.717, 1.165) is 17.0 Å². The summed E-state index contributed by atoms with van der Waals surface area (Å²) in [6.45, 7) is 0.404. The van der Waals surface area contributed by atoms with Crippen molar-refractivity contribution in [3.05, 3.63) is 106 Å². The van der Waals surface area contributed by atoms with Gasteiger partial charge in [0.05, 0.1) is 11.3 Å². The largest absolute Gasteiger partial charge is 0.513 e. The third kappa shape index (κ3) is 4.99. The van der Waals surface area contributed by atoms with Gasteiger partial charge in [-0.3, -0.25) is 14.9 Å². The van der Waals surface area contributed by atoms with E-state index >= 15 is 0 Å². The van der Waals surface area contributed by atoms with Crippen LogP contribution in [0.5, 0.6) is 5.75 Å².